The van der Waals surface area contributed by atoms with E-state index in [-0.39, 0.29) is 18.0 Å². The smallest absolute Gasteiger partial charge is 0.230 e. The number of hydrogen-bond acceptors (Lipinski definition) is 4. The summed E-state index contributed by atoms with van der Waals surface area (Å²) in [5.74, 6) is 1.28. The van der Waals surface area contributed by atoms with Gasteiger partial charge in [-0.1, -0.05) is 30.3 Å². The van der Waals surface area contributed by atoms with Gasteiger partial charge in [0.25, 0.3) is 0 Å². The van der Waals surface area contributed by atoms with Crippen LogP contribution in [0.4, 0.5) is 0 Å². The Morgan fingerprint density at radius 2 is 1.82 bits per heavy atom. The van der Waals surface area contributed by atoms with Gasteiger partial charge in [0.05, 0.1) is 32.1 Å². The highest BCUT2D eigenvalue weighted by molar-refractivity contribution is 8.00. The van der Waals surface area contributed by atoms with Crippen molar-refractivity contribution in [2.24, 2.45) is 0 Å². The van der Waals surface area contributed by atoms with Crippen molar-refractivity contribution in [1.82, 2.24) is 5.32 Å². The van der Waals surface area contributed by atoms with Gasteiger partial charge in [0.1, 0.15) is 24.9 Å². The Balaban J connectivity index is 1.60. The molecule has 2 aromatic carbocycles. The second-order valence-corrected chi connectivity index (χ2v) is 8.03. The highest BCUT2D eigenvalue weighted by Gasteiger charge is 2.32. The normalized spacial score (nSPS) is 16.9. The molecular formula is C22H29N2O3S+. The van der Waals surface area contributed by atoms with E-state index in [1.54, 1.807) is 7.11 Å². The van der Waals surface area contributed by atoms with Gasteiger partial charge in [0.2, 0.25) is 5.91 Å². The van der Waals surface area contributed by atoms with E-state index in [1.807, 2.05) is 30.3 Å². The number of rotatable bonds is 8. The van der Waals surface area contributed by atoms with Crippen molar-refractivity contribution < 1.29 is 19.2 Å². The molecule has 150 valence electrons. The largest absolute Gasteiger partial charge is 0.497 e. The van der Waals surface area contributed by atoms with Gasteiger partial charge in [0.15, 0.2) is 0 Å². The van der Waals surface area contributed by atoms with Crippen molar-refractivity contribution in [2.75, 3.05) is 39.2 Å². The third kappa shape index (κ3) is 5.74. The Kier molecular flexibility index (Phi) is 7.77. The summed E-state index contributed by atoms with van der Waals surface area (Å²) in [6.07, 6.45) is 0. The third-order valence-electron chi connectivity index (χ3n) is 5.05. The van der Waals surface area contributed by atoms with Crippen LogP contribution in [0.15, 0.2) is 59.5 Å². The zero-order chi connectivity index (χ0) is 19.8. The SMILES string of the molecule is COc1ccc(SCC(=O)N[C@H](C)[C@@H](c2ccccc2)[NH+]2CCOCC2)cc1. The number of amides is 1. The van der Waals surface area contributed by atoms with Crippen LogP contribution in [-0.4, -0.2) is 51.1 Å². The maximum absolute atomic E-state index is 12.6. The number of benzene rings is 2. The van der Waals surface area contributed by atoms with Gasteiger partial charge in [-0.05, 0) is 31.2 Å². The minimum Gasteiger partial charge on any atom is -0.497 e. The first-order chi connectivity index (χ1) is 13.7. The fourth-order valence-electron chi connectivity index (χ4n) is 3.68. The van der Waals surface area contributed by atoms with Gasteiger partial charge < -0.3 is 19.7 Å². The molecule has 28 heavy (non-hydrogen) atoms. The summed E-state index contributed by atoms with van der Waals surface area (Å²) in [7, 11) is 1.65. The first-order valence-electron chi connectivity index (χ1n) is 9.71. The van der Waals surface area contributed by atoms with Crippen LogP contribution in [0, 0.1) is 0 Å². The summed E-state index contributed by atoms with van der Waals surface area (Å²) in [4.78, 5) is 15.1. The number of ether oxygens (including phenoxy) is 2. The first kappa shape index (κ1) is 20.7. The standard InChI is InChI=1S/C22H28N2O3S/c1-17(23-21(25)16-28-20-10-8-19(26-2)9-11-20)22(18-6-4-3-5-7-18)24-12-14-27-15-13-24/h3-11,17,22H,12-16H2,1-2H3,(H,23,25)/p+1/t17-,22+/m1/s1. The van der Waals surface area contributed by atoms with Crippen LogP contribution in [0.5, 0.6) is 5.75 Å². The fourth-order valence-corrected chi connectivity index (χ4v) is 4.39. The van der Waals surface area contributed by atoms with Crippen LogP contribution in [0.25, 0.3) is 0 Å². The van der Waals surface area contributed by atoms with Crippen molar-refractivity contribution >= 4 is 17.7 Å². The number of quaternary nitrogens is 1. The molecule has 0 unspecified atom stereocenters. The first-order valence-corrected chi connectivity index (χ1v) is 10.7. The molecule has 1 amide bonds. The van der Waals surface area contributed by atoms with Crippen LogP contribution in [0.3, 0.4) is 0 Å². The predicted octanol–water partition coefficient (Wildman–Crippen LogP) is 1.95. The second kappa shape index (κ2) is 10.5. The number of nitrogens with one attached hydrogen (secondary N) is 2. The van der Waals surface area contributed by atoms with Crippen LogP contribution < -0.4 is 15.0 Å². The number of carbonyl (C=O) groups is 1. The highest BCUT2D eigenvalue weighted by Crippen LogP contribution is 2.21. The van der Waals surface area contributed by atoms with Crippen LogP contribution in [0.2, 0.25) is 0 Å². The molecule has 0 aromatic heterocycles. The summed E-state index contributed by atoms with van der Waals surface area (Å²) in [6, 6.07) is 18.5. The molecule has 1 aliphatic heterocycles. The van der Waals surface area contributed by atoms with E-state index in [4.69, 9.17) is 9.47 Å². The van der Waals surface area contributed by atoms with Gasteiger partial charge in [-0.3, -0.25) is 4.79 Å². The minimum atomic E-state index is 0.0412. The van der Waals surface area contributed by atoms with E-state index >= 15 is 0 Å². The Hall–Kier alpha value is -2.02. The quantitative estimate of drug-likeness (QED) is 0.664. The zero-order valence-electron chi connectivity index (χ0n) is 16.5. The lowest BCUT2D eigenvalue weighted by molar-refractivity contribution is -0.940. The zero-order valence-corrected chi connectivity index (χ0v) is 17.3. The average molecular weight is 402 g/mol. The fraction of sp³-hybridized carbons (Fsp3) is 0.409. The molecule has 1 heterocycles. The van der Waals surface area contributed by atoms with Gasteiger partial charge in [-0.2, -0.15) is 0 Å². The molecule has 0 aliphatic carbocycles. The molecule has 2 N–H and O–H groups in total. The van der Waals surface area contributed by atoms with Crippen molar-refractivity contribution in [3.05, 3.63) is 60.2 Å². The van der Waals surface area contributed by atoms with Crippen molar-refractivity contribution in [3.8, 4) is 5.75 Å². The average Bonchev–Trinajstić information content (AvgIpc) is 2.74. The van der Waals surface area contributed by atoms with E-state index in [2.05, 4.69) is 36.5 Å². The molecule has 2 atom stereocenters. The lowest BCUT2D eigenvalue weighted by Crippen LogP contribution is -3.15. The Morgan fingerprint density at radius 3 is 2.46 bits per heavy atom. The summed E-state index contributed by atoms with van der Waals surface area (Å²) in [6.45, 7) is 5.57. The Labute approximate surface area is 171 Å². The van der Waals surface area contributed by atoms with Crippen molar-refractivity contribution in [3.63, 3.8) is 0 Å². The van der Waals surface area contributed by atoms with Gasteiger partial charge in [0, 0.05) is 10.5 Å². The Morgan fingerprint density at radius 1 is 1.14 bits per heavy atom. The van der Waals surface area contributed by atoms with E-state index in [9.17, 15) is 4.79 Å². The second-order valence-electron chi connectivity index (χ2n) is 6.98. The highest BCUT2D eigenvalue weighted by atomic mass is 32.2. The summed E-state index contributed by atoms with van der Waals surface area (Å²) in [5, 5.41) is 3.22. The minimum absolute atomic E-state index is 0.0412. The lowest BCUT2D eigenvalue weighted by Gasteiger charge is -2.35. The molecule has 6 heteroatoms. The third-order valence-corrected chi connectivity index (χ3v) is 6.06. The maximum Gasteiger partial charge on any atom is 0.230 e. The van der Waals surface area contributed by atoms with Gasteiger partial charge >= 0.3 is 0 Å². The molecule has 1 fully saturated rings. The molecule has 3 rings (SSSR count). The monoisotopic (exact) mass is 401 g/mol. The summed E-state index contributed by atoms with van der Waals surface area (Å²) < 4.78 is 10.7. The molecule has 0 saturated carbocycles. The van der Waals surface area contributed by atoms with Gasteiger partial charge in [-0.15, -0.1) is 11.8 Å². The molecule has 5 nitrogen and oxygen atoms in total. The number of carbonyl (C=O) groups excluding carboxylic acids is 1. The lowest BCUT2D eigenvalue weighted by atomic mass is 9.98. The molecule has 2 aromatic rings. The van der Waals surface area contributed by atoms with E-state index in [0.29, 0.717) is 5.75 Å². The topological polar surface area (TPSA) is 52.0 Å². The molecule has 1 aliphatic rings. The predicted molar refractivity (Wildman–Crippen MR) is 112 cm³/mol. The van der Waals surface area contributed by atoms with Crippen LogP contribution in [-0.2, 0) is 9.53 Å². The van der Waals surface area contributed by atoms with E-state index in [0.717, 1.165) is 36.9 Å². The molecular weight excluding hydrogens is 372 g/mol. The molecule has 0 bridgehead atoms. The molecule has 1 saturated heterocycles. The van der Waals surface area contributed by atoms with E-state index in [1.165, 1.54) is 22.2 Å². The number of hydrogen-bond donors (Lipinski definition) is 2. The van der Waals surface area contributed by atoms with Crippen molar-refractivity contribution in [2.45, 2.75) is 23.9 Å². The summed E-state index contributed by atoms with van der Waals surface area (Å²) in [5.41, 5.74) is 1.26. The number of thioether (sulfide) groups is 1. The number of morpholine rings is 1. The Bertz CT molecular complexity index is 733. The van der Waals surface area contributed by atoms with Crippen LogP contribution in [0.1, 0.15) is 18.5 Å². The molecule has 0 spiro atoms. The summed E-state index contributed by atoms with van der Waals surface area (Å²) >= 11 is 1.54. The van der Waals surface area contributed by atoms with Crippen LogP contribution >= 0.6 is 11.8 Å². The van der Waals surface area contributed by atoms with E-state index < -0.39 is 0 Å². The molecule has 0 radical (unpaired) electrons. The number of methoxy groups -OCH3 is 1. The van der Waals surface area contributed by atoms with Gasteiger partial charge in [-0.25, -0.2) is 0 Å². The maximum atomic E-state index is 12.6. The van der Waals surface area contributed by atoms with Crippen molar-refractivity contribution in [1.29, 1.82) is 0 Å².